The predicted molar refractivity (Wildman–Crippen MR) is 84.4 cm³/mol. The molecule has 126 valence electrons. The van der Waals surface area contributed by atoms with Crippen LogP contribution >= 0.6 is 0 Å². The van der Waals surface area contributed by atoms with Gasteiger partial charge in [-0.2, -0.15) is 9.98 Å². The van der Waals surface area contributed by atoms with Crippen LogP contribution in [0.25, 0.3) is 0 Å². The number of isocyanates is 2. The lowest BCUT2D eigenvalue weighted by atomic mass is 10.2. The Bertz CT molecular complexity index is 538. The van der Waals surface area contributed by atoms with Crippen molar-refractivity contribution >= 4 is 23.5 Å². The van der Waals surface area contributed by atoms with Gasteiger partial charge in [0, 0.05) is 19.6 Å². The van der Waals surface area contributed by atoms with Gasteiger partial charge in [-0.1, -0.05) is 6.07 Å². The van der Waals surface area contributed by atoms with Gasteiger partial charge in [0.1, 0.15) is 0 Å². The van der Waals surface area contributed by atoms with Crippen LogP contribution in [0.15, 0.2) is 28.2 Å². The minimum atomic E-state index is 0.0694. The minimum Gasteiger partial charge on any atom is -0.395 e. The zero-order valence-corrected chi connectivity index (χ0v) is 13.0. The smallest absolute Gasteiger partial charge is 0.240 e. The fourth-order valence-electron chi connectivity index (χ4n) is 1.65. The van der Waals surface area contributed by atoms with Gasteiger partial charge >= 0.3 is 0 Å². The average molecular weight is 323 g/mol. The van der Waals surface area contributed by atoms with Crippen LogP contribution in [-0.2, 0) is 9.59 Å². The molecule has 0 fully saturated rings. The Labute approximate surface area is 134 Å². The van der Waals surface area contributed by atoms with Gasteiger partial charge in [-0.15, -0.1) is 0 Å². The summed E-state index contributed by atoms with van der Waals surface area (Å²) in [6, 6.07) is 4.88. The number of hydrogen-bond donors (Lipinski definition) is 3. The molecule has 8 nitrogen and oxygen atoms in total. The zero-order valence-electron chi connectivity index (χ0n) is 13.0. The van der Waals surface area contributed by atoms with E-state index in [2.05, 4.69) is 9.98 Å². The third-order valence-electron chi connectivity index (χ3n) is 2.78. The van der Waals surface area contributed by atoms with Crippen molar-refractivity contribution in [1.82, 2.24) is 4.90 Å². The Hall–Kier alpha value is -2.18. The Morgan fingerprint density at radius 3 is 1.91 bits per heavy atom. The summed E-state index contributed by atoms with van der Waals surface area (Å²) in [5.41, 5.74) is 1.72. The highest BCUT2D eigenvalue weighted by Crippen LogP contribution is 2.23. The number of aliphatic hydroxyl groups is 3. The van der Waals surface area contributed by atoms with Crippen LogP contribution < -0.4 is 0 Å². The standard InChI is InChI=1S/C9H6N2O2.C6H15NO3/c1-7-2-3-8(10-5-12)4-9(7)11-6-13;8-4-1-7(2-5-9)3-6-10/h2-4H,1H3;8-10H,1-6H2. The van der Waals surface area contributed by atoms with Gasteiger partial charge in [0.05, 0.1) is 31.2 Å². The number of aliphatic hydroxyl groups excluding tert-OH is 3. The summed E-state index contributed by atoms with van der Waals surface area (Å²) >= 11 is 0. The van der Waals surface area contributed by atoms with E-state index in [0.29, 0.717) is 31.0 Å². The quantitative estimate of drug-likeness (QED) is 0.464. The van der Waals surface area contributed by atoms with Crippen molar-refractivity contribution in [1.29, 1.82) is 0 Å². The van der Waals surface area contributed by atoms with Gasteiger partial charge in [0.25, 0.3) is 0 Å². The first-order valence-corrected chi connectivity index (χ1v) is 6.94. The van der Waals surface area contributed by atoms with Crippen LogP contribution in [-0.4, -0.2) is 71.8 Å². The molecular formula is C15H21N3O5. The summed E-state index contributed by atoms with van der Waals surface area (Å²) in [6.07, 6.45) is 2.84. The molecule has 0 radical (unpaired) electrons. The summed E-state index contributed by atoms with van der Waals surface area (Å²) < 4.78 is 0. The molecule has 0 aliphatic heterocycles. The van der Waals surface area contributed by atoms with Gasteiger partial charge in [-0.25, -0.2) is 9.59 Å². The van der Waals surface area contributed by atoms with Crippen molar-refractivity contribution in [2.45, 2.75) is 6.92 Å². The van der Waals surface area contributed by atoms with E-state index in [-0.39, 0.29) is 19.8 Å². The van der Waals surface area contributed by atoms with Gasteiger partial charge in [-0.05, 0) is 24.6 Å². The van der Waals surface area contributed by atoms with E-state index >= 15 is 0 Å². The SMILES string of the molecule is Cc1ccc(N=C=O)cc1N=C=O.OCCN(CCO)CCO. The molecule has 1 aromatic carbocycles. The van der Waals surface area contributed by atoms with Gasteiger partial charge < -0.3 is 15.3 Å². The molecule has 23 heavy (non-hydrogen) atoms. The fourth-order valence-corrected chi connectivity index (χ4v) is 1.65. The molecule has 0 saturated carbocycles. The fraction of sp³-hybridized carbons (Fsp3) is 0.467. The topological polar surface area (TPSA) is 123 Å². The summed E-state index contributed by atoms with van der Waals surface area (Å²) in [5, 5.41) is 25.5. The molecule has 0 heterocycles. The monoisotopic (exact) mass is 323 g/mol. The van der Waals surface area contributed by atoms with Crippen LogP contribution in [0.2, 0.25) is 0 Å². The zero-order chi connectivity index (χ0) is 17.5. The van der Waals surface area contributed by atoms with Crippen LogP contribution in [0.3, 0.4) is 0 Å². The number of hydrogen-bond acceptors (Lipinski definition) is 8. The molecule has 1 aromatic rings. The molecule has 0 amide bonds. The lowest BCUT2D eigenvalue weighted by Gasteiger charge is -2.17. The molecule has 0 aromatic heterocycles. The third kappa shape index (κ3) is 9.44. The first kappa shape index (κ1) is 20.8. The van der Waals surface area contributed by atoms with Crippen LogP contribution in [0, 0.1) is 6.92 Å². The maximum Gasteiger partial charge on any atom is 0.240 e. The van der Waals surface area contributed by atoms with Crippen LogP contribution in [0.1, 0.15) is 5.56 Å². The molecule has 0 aliphatic carbocycles. The first-order valence-electron chi connectivity index (χ1n) is 6.94. The number of rotatable bonds is 8. The average Bonchev–Trinajstić information content (AvgIpc) is 2.53. The van der Waals surface area contributed by atoms with Crippen molar-refractivity contribution in [3.8, 4) is 0 Å². The lowest BCUT2D eigenvalue weighted by molar-refractivity contribution is 0.136. The molecule has 0 aliphatic rings. The highest BCUT2D eigenvalue weighted by Gasteiger charge is 2.00. The number of benzene rings is 1. The van der Waals surface area contributed by atoms with Gasteiger partial charge in [0.2, 0.25) is 12.2 Å². The second-order valence-electron chi connectivity index (χ2n) is 4.39. The number of aliphatic imine (C=N–C) groups is 2. The molecule has 8 heteroatoms. The third-order valence-corrected chi connectivity index (χ3v) is 2.78. The Morgan fingerprint density at radius 1 is 0.957 bits per heavy atom. The first-order chi connectivity index (χ1) is 11.1. The number of aryl methyl sites for hydroxylation is 1. The van der Waals surface area contributed by atoms with Gasteiger partial charge in [0.15, 0.2) is 0 Å². The molecule has 0 spiro atoms. The Kier molecular flexibility index (Phi) is 12.2. The molecule has 0 saturated heterocycles. The van der Waals surface area contributed by atoms with E-state index in [1.54, 1.807) is 24.0 Å². The molecule has 1 rings (SSSR count). The Morgan fingerprint density at radius 2 is 1.48 bits per heavy atom. The Balaban J connectivity index is 0.000000438. The number of nitrogens with zero attached hydrogens (tertiary/aromatic N) is 3. The highest BCUT2D eigenvalue weighted by molar-refractivity contribution is 5.61. The van der Waals surface area contributed by atoms with E-state index in [0.717, 1.165) is 5.56 Å². The van der Waals surface area contributed by atoms with E-state index in [1.807, 2.05) is 0 Å². The van der Waals surface area contributed by atoms with E-state index in [1.165, 1.54) is 18.2 Å². The second-order valence-corrected chi connectivity index (χ2v) is 4.39. The summed E-state index contributed by atoms with van der Waals surface area (Å²) in [6.45, 7) is 3.55. The summed E-state index contributed by atoms with van der Waals surface area (Å²) in [4.78, 5) is 28.6. The number of carbonyl (C=O) groups excluding carboxylic acids is 2. The van der Waals surface area contributed by atoms with E-state index in [4.69, 9.17) is 15.3 Å². The molecule has 3 N–H and O–H groups in total. The van der Waals surface area contributed by atoms with Crippen LogP contribution in [0.5, 0.6) is 0 Å². The molecular weight excluding hydrogens is 302 g/mol. The summed E-state index contributed by atoms with van der Waals surface area (Å²) in [7, 11) is 0. The second kappa shape index (κ2) is 13.5. The van der Waals surface area contributed by atoms with Crippen molar-refractivity contribution in [2.75, 3.05) is 39.5 Å². The van der Waals surface area contributed by atoms with E-state index in [9.17, 15) is 9.59 Å². The largest absolute Gasteiger partial charge is 0.395 e. The highest BCUT2D eigenvalue weighted by atomic mass is 16.3. The lowest BCUT2D eigenvalue weighted by Crippen LogP contribution is -2.32. The van der Waals surface area contributed by atoms with Crippen molar-refractivity contribution in [3.05, 3.63) is 23.8 Å². The van der Waals surface area contributed by atoms with Crippen molar-refractivity contribution in [3.63, 3.8) is 0 Å². The molecule has 0 bridgehead atoms. The predicted octanol–water partition coefficient (Wildman–Crippen LogP) is 0.195. The normalized spacial score (nSPS) is 9.43. The van der Waals surface area contributed by atoms with Gasteiger partial charge in [-0.3, -0.25) is 4.90 Å². The van der Waals surface area contributed by atoms with Crippen molar-refractivity contribution in [2.24, 2.45) is 9.98 Å². The maximum atomic E-state index is 10.00. The van der Waals surface area contributed by atoms with Crippen LogP contribution in [0.4, 0.5) is 11.4 Å². The maximum absolute atomic E-state index is 10.00. The molecule has 0 unspecified atom stereocenters. The molecule has 0 atom stereocenters. The van der Waals surface area contributed by atoms with E-state index < -0.39 is 0 Å². The summed E-state index contributed by atoms with van der Waals surface area (Å²) in [5.74, 6) is 0. The van der Waals surface area contributed by atoms with Crippen molar-refractivity contribution < 1.29 is 24.9 Å². The minimum absolute atomic E-state index is 0.0694.